The number of nitrogens with one attached hydrogen (secondary N) is 1. The normalized spacial score (nSPS) is 15.0. The highest BCUT2D eigenvalue weighted by Gasteiger charge is 2.42. The van der Waals surface area contributed by atoms with Crippen molar-refractivity contribution in [1.29, 1.82) is 0 Å². The fourth-order valence-electron chi connectivity index (χ4n) is 1.82. The number of aryl methyl sites for hydroxylation is 1. The molecule has 1 aliphatic heterocycles. The van der Waals surface area contributed by atoms with Gasteiger partial charge in [-0.05, 0) is 24.6 Å². The predicted molar refractivity (Wildman–Crippen MR) is 69.7 cm³/mol. The van der Waals surface area contributed by atoms with Gasteiger partial charge in [0.1, 0.15) is 6.54 Å². The fourth-order valence-corrected chi connectivity index (χ4v) is 1.82. The standard InChI is InChI=1S/C13H13N3O4/c1-8-4-3-5-9(6-8)14-10(17)7-16-12(19)11(18)15(2)13(16)20/h3-6H,7H2,1-2H3,(H,14,17). The van der Waals surface area contributed by atoms with E-state index in [1.165, 1.54) is 7.05 Å². The van der Waals surface area contributed by atoms with Crippen molar-refractivity contribution >= 4 is 29.4 Å². The summed E-state index contributed by atoms with van der Waals surface area (Å²) in [5.41, 5.74) is 1.53. The SMILES string of the molecule is Cc1cccc(NC(=O)CN2C(=O)C(=O)N(C)C2=O)c1. The molecule has 1 N–H and O–H groups in total. The Balaban J connectivity index is 2.04. The van der Waals surface area contributed by atoms with E-state index in [-0.39, 0.29) is 0 Å². The van der Waals surface area contributed by atoms with Crippen LogP contribution in [0.3, 0.4) is 0 Å². The van der Waals surface area contributed by atoms with Crippen molar-refractivity contribution < 1.29 is 19.2 Å². The summed E-state index contributed by atoms with van der Waals surface area (Å²) in [6.45, 7) is 1.39. The van der Waals surface area contributed by atoms with Crippen LogP contribution in [0, 0.1) is 6.92 Å². The van der Waals surface area contributed by atoms with Gasteiger partial charge >= 0.3 is 17.8 Å². The van der Waals surface area contributed by atoms with Crippen LogP contribution in [0.25, 0.3) is 0 Å². The van der Waals surface area contributed by atoms with Gasteiger partial charge in [0, 0.05) is 12.7 Å². The third kappa shape index (κ3) is 2.51. The Hall–Kier alpha value is -2.70. The van der Waals surface area contributed by atoms with Gasteiger partial charge in [0.05, 0.1) is 0 Å². The van der Waals surface area contributed by atoms with Gasteiger partial charge in [-0.3, -0.25) is 19.3 Å². The lowest BCUT2D eigenvalue weighted by Crippen LogP contribution is -2.38. The van der Waals surface area contributed by atoms with Gasteiger partial charge < -0.3 is 5.32 Å². The number of benzene rings is 1. The highest BCUT2D eigenvalue weighted by atomic mass is 16.2. The number of carbonyl (C=O) groups is 4. The van der Waals surface area contributed by atoms with Gasteiger partial charge in [-0.1, -0.05) is 12.1 Å². The smallest absolute Gasteiger partial charge is 0.325 e. The monoisotopic (exact) mass is 275 g/mol. The Kier molecular flexibility index (Phi) is 3.51. The highest BCUT2D eigenvalue weighted by molar-refractivity contribution is 6.44. The summed E-state index contributed by atoms with van der Waals surface area (Å²) in [5, 5.41) is 2.57. The van der Waals surface area contributed by atoms with Crippen LogP contribution >= 0.6 is 0 Å². The van der Waals surface area contributed by atoms with Gasteiger partial charge in [-0.25, -0.2) is 9.69 Å². The minimum atomic E-state index is -0.989. The first-order valence-electron chi connectivity index (χ1n) is 5.90. The molecule has 0 unspecified atom stereocenters. The van der Waals surface area contributed by atoms with Crippen LogP contribution in [0.5, 0.6) is 0 Å². The summed E-state index contributed by atoms with van der Waals surface area (Å²) >= 11 is 0. The van der Waals surface area contributed by atoms with Crippen molar-refractivity contribution in [2.45, 2.75) is 6.92 Å². The molecule has 0 saturated carbocycles. The van der Waals surface area contributed by atoms with E-state index in [0.29, 0.717) is 15.5 Å². The first-order valence-corrected chi connectivity index (χ1v) is 5.90. The molecule has 1 fully saturated rings. The Labute approximate surface area is 115 Å². The minimum absolute atomic E-state index is 0.484. The number of imide groups is 2. The minimum Gasteiger partial charge on any atom is -0.325 e. The zero-order chi connectivity index (χ0) is 14.9. The van der Waals surface area contributed by atoms with E-state index in [2.05, 4.69) is 5.32 Å². The lowest BCUT2D eigenvalue weighted by atomic mass is 10.2. The van der Waals surface area contributed by atoms with Gasteiger partial charge in [0.2, 0.25) is 5.91 Å². The third-order valence-electron chi connectivity index (χ3n) is 2.85. The molecule has 1 saturated heterocycles. The van der Waals surface area contributed by atoms with E-state index >= 15 is 0 Å². The fraction of sp³-hybridized carbons (Fsp3) is 0.231. The first-order chi connectivity index (χ1) is 9.40. The Bertz CT molecular complexity index is 611. The molecule has 1 aliphatic rings. The van der Waals surface area contributed by atoms with Gasteiger partial charge in [-0.2, -0.15) is 0 Å². The molecule has 1 heterocycles. The Morgan fingerprint density at radius 1 is 1.20 bits per heavy atom. The second-order valence-corrected chi connectivity index (χ2v) is 4.46. The Morgan fingerprint density at radius 3 is 2.45 bits per heavy atom. The van der Waals surface area contributed by atoms with Gasteiger partial charge in [0.15, 0.2) is 0 Å². The van der Waals surface area contributed by atoms with Crippen LogP contribution in [-0.4, -0.2) is 47.1 Å². The number of hydrogen-bond donors (Lipinski definition) is 1. The second kappa shape index (κ2) is 5.12. The van der Waals surface area contributed by atoms with E-state index in [0.717, 1.165) is 5.56 Å². The number of carbonyl (C=O) groups excluding carboxylic acids is 4. The number of hydrogen-bond acceptors (Lipinski definition) is 4. The third-order valence-corrected chi connectivity index (χ3v) is 2.85. The summed E-state index contributed by atoms with van der Waals surface area (Å²) in [6.07, 6.45) is 0. The van der Waals surface area contributed by atoms with Crippen molar-refractivity contribution in [2.24, 2.45) is 0 Å². The van der Waals surface area contributed by atoms with Crippen molar-refractivity contribution in [3.63, 3.8) is 0 Å². The lowest BCUT2D eigenvalue weighted by Gasteiger charge is -2.12. The van der Waals surface area contributed by atoms with Crippen molar-refractivity contribution in [1.82, 2.24) is 9.80 Å². The molecule has 0 spiro atoms. The van der Waals surface area contributed by atoms with Gasteiger partial charge in [-0.15, -0.1) is 0 Å². The molecule has 0 aliphatic carbocycles. The number of likely N-dealkylation sites (N-methyl/N-ethyl adjacent to an activating group) is 1. The number of nitrogens with zero attached hydrogens (tertiary/aromatic N) is 2. The van der Waals surface area contributed by atoms with Crippen LogP contribution in [0.15, 0.2) is 24.3 Å². The summed E-state index contributed by atoms with van der Waals surface area (Å²) in [5.74, 6) is -2.46. The maximum absolute atomic E-state index is 11.8. The van der Waals surface area contributed by atoms with E-state index in [1.54, 1.807) is 18.2 Å². The molecule has 0 aromatic heterocycles. The zero-order valence-corrected chi connectivity index (χ0v) is 11.0. The van der Waals surface area contributed by atoms with Crippen LogP contribution in [0.2, 0.25) is 0 Å². The molecule has 0 atom stereocenters. The highest BCUT2D eigenvalue weighted by Crippen LogP contribution is 2.12. The molecule has 7 nitrogen and oxygen atoms in total. The molecule has 5 amide bonds. The first kappa shape index (κ1) is 13.7. The lowest BCUT2D eigenvalue weighted by molar-refractivity contribution is -0.143. The molecule has 0 bridgehead atoms. The van der Waals surface area contributed by atoms with Gasteiger partial charge in [0.25, 0.3) is 0 Å². The summed E-state index contributed by atoms with van der Waals surface area (Å²) in [7, 11) is 1.20. The van der Waals surface area contributed by atoms with E-state index in [1.807, 2.05) is 13.0 Å². The van der Waals surface area contributed by atoms with Crippen LogP contribution in [-0.2, 0) is 14.4 Å². The largest absolute Gasteiger partial charge is 0.334 e. The zero-order valence-electron chi connectivity index (χ0n) is 11.0. The molecular weight excluding hydrogens is 262 g/mol. The quantitative estimate of drug-likeness (QED) is 0.637. The average molecular weight is 275 g/mol. The molecule has 20 heavy (non-hydrogen) atoms. The van der Waals surface area contributed by atoms with E-state index in [4.69, 9.17) is 0 Å². The summed E-state index contributed by atoms with van der Waals surface area (Å²) in [4.78, 5) is 47.5. The van der Waals surface area contributed by atoms with E-state index < -0.39 is 30.3 Å². The predicted octanol–water partition coefficient (Wildman–Crippen LogP) is 0.354. The summed E-state index contributed by atoms with van der Waals surface area (Å²) < 4.78 is 0. The van der Waals surface area contributed by atoms with Crippen molar-refractivity contribution in [3.05, 3.63) is 29.8 Å². The van der Waals surface area contributed by atoms with E-state index in [9.17, 15) is 19.2 Å². The Morgan fingerprint density at radius 2 is 1.90 bits per heavy atom. The van der Waals surface area contributed by atoms with Crippen molar-refractivity contribution in [2.75, 3.05) is 18.9 Å². The van der Waals surface area contributed by atoms with Crippen LogP contribution in [0.1, 0.15) is 5.56 Å². The van der Waals surface area contributed by atoms with Crippen LogP contribution in [0.4, 0.5) is 10.5 Å². The summed E-state index contributed by atoms with van der Waals surface area (Å²) in [6, 6.07) is 6.29. The molecule has 1 aromatic carbocycles. The molecule has 0 radical (unpaired) electrons. The molecule has 104 valence electrons. The molecule has 7 heteroatoms. The maximum atomic E-state index is 11.8. The maximum Gasteiger partial charge on any atom is 0.334 e. The number of anilines is 1. The molecule has 1 aromatic rings. The number of amides is 5. The topological polar surface area (TPSA) is 86.8 Å². The molecular formula is C13H13N3O4. The number of urea groups is 1. The van der Waals surface area contributed by atoms with Crippen LogP contribution < -0.4 is 5.32 Å². The number of rotatable bonds is 3. The second-order valence-electron chi connectivity index (χ2n) is 4.46. The van der Waals surface area contributed by atoms with Crippen molar-refractivity contribution in [3.8, 4) is 0 Å². The average Bonchev–Trinajstić information content (AvgIpc) is 2.57. The molecule has 2 rings (SSSR count).